The summed E-state index contributed by atoms with van der Waals surface area (Å²) >= 11 is 1.62. The second-order valence-corrected chi connectivity index (χ2v) is 8.67. The van der Waals surface area contributed by atoms with E-state index in [9.17, 15) is 4.79 Å². The molecule has 0 saturated carbocycles. The standard InChI is InChI=1S/C23H25N3O3S/c1-13(2)29-20-9-6-14(10-18(20)24)23-25-11-21(30-23)17-5-3-4-16-15(17)7-8-19(16)26-22(28)12-27/h3-6,9-11,13,19,27H,7-8,12,24H2,1-2H3,(H,26,28)/t19-/m0/s1. The van der Waals surface area contributed by atoms with Crippen LogP contribution in [0.2, 0.25) is 0 Å². The number of nitrogens with one attached hydrogen (secondary N) is 1. The molecule has 1 amide bonds. The molecule has 156 valence electrons. The minimum absolute atomic E-state index is 0.0553. The lowest BCUT2D eigenvalue weighted by Crippen LogP contribution is -2.29. The van der Waals surface area contributed by atoms with Gasteiger partial charge in [-0.25, -0.2) is 4.98 Å². The van der Waals surface area contributed by atoms with Crippen molar-refractivity contribution in [3.05, 3.63) is 53.7 Å². The molecule has 7 heteroatoms. The maximum atomic E-state index is 11.6. The van der Waals surface area contributed by atoms with E-state index in [-0.39, 0.29) is 18.1 Å². The molecule has 1 aliphatic rings. The summed E-state index contributed by atoms with van der Waals surface area (Å²) in [5.41, 5.74) is 11.2. The van der Waals surface area contributed by atoms with Gasteiger partial charge in [0.05, 0.1) is 22.7 Å². The zero-order valence-corrected chi connectivity index (χ0v) is 17.8. The Morgan fingerprint density at radius 3 is 2.93 bits per heavy atom. The molecular formula is C23H25N3O3S. The van der Waals surface area contributed by atoms with Crippen LogP contribution in [0.4, 0.5) is 5.69 Å². The third kappa shape index (κ3) is 4.04. The minimum Gasteiger partial charge on any atom is -0.489 e. The lowest BCUT2D eigenvalue weighted by atomic mass is 10.0. The second-order valence-electron chi connectivity index (χ2n) is 7.64. The predicted octanol–water partition coefficient (Wildman–Crippen LogP) is 3.94. The van der Waals surface area contributed by atoms with Crippen LogP contribution in [0.5, 0.6) is 5.75 Å². The molecule has 0 unspecified atom stereocenters. The van der Waals surface area contributed by atoms with Crippen molar-refractivity contribution in [2.24, 2.45) is 0 Å². The molecule has 0 fully saturated rings. The lowest BCUT2D eigenvalue weighted by molar-refractivity contribution is -0.124. The van der Waals surface area contributed by atoms with Gasteiger partial charge in [0, 0.05) is 11.8 Å². The van der Waals surface area contributed by atoms with Crippen molar-refractivity contribution >= 4 is 22.9 Å². The zero-order chi connectivity index (χ0) is 21.3. The fraction of sp³-hybridized carbons (Fsp3) is 0.304. The van der Waals surface area contributed by atoms with Crippen LogP contribution in [0.3, 0.4) is 0 Å². The average molecular weight is 424 g/mol. The Balaban J connectivity index is 1.61. The molecular weight excluding hydrogens is 398 g/mol. The van der Waals surface area contributed by atoms with E-state index in [1.807, 2.05) is 50.4 Å². The number of ether oxygens (including phenoxy) is 1. The van der Waals surface area contributed by atoms with Crippen molar-refractivity contribution in [2.75, 3.05) is 12.3 Å². The van der Waals surface area contributed by atoms with Crippen LogP contribution >= 0.6 is 11.3 Å². The molecule has 1 atom stereocenters. The summed E-state index contributed by atoms with van der Waals surface area (Å²) in [4.78, 5) is 17.3. The van der Waals surface area contributed by atoms with Crippen LogP contribution in [-0.4, -0.2) is 28.7 Å². The van der Waals surface area contributed by atoms with Gasteiger partial charge in [0.25, 0.3) is 0 Å². The number of benzene rings is 2. The smallest absolute Gasteiger partial charge is 0.246 e. The quantitative estimate of drug-likeness (QED) is 0.522. The first-order valence-corrected chi connectivity index (χ1v) is 10.8. The third-order valence-electron chi connectivity index (χ3n) is 5.14. The van der Waals surface area contributed by atoms with Crippen molar-refractivity contribution < 1.29 is 14.6 Å². The highest BCUT2D eigenvalue weighted by molar-refractivity contribution is 7.18. The van der Waals surface area contributed by atoms with E-state index in [1.165, 1.54) is 5.56 Å². The molecule has 0 radical (unpaired) electrons. The summed E-state index contributed by atoms with van der Waals surface area (Å²) in [7, 11) is 0. The normalized spacial score (nSPS) is 15.3. The molecule has 1 aromatic heterocycles. The van der Waals surface area contributed by atoms with E-state index in [4.69, 9.17) is 15.6 Å². The number of anilines is 1. The third-order valence-corrected chi connectivity index (χ3v) is 6.22. The largest absolute Gasteiger partial charge is 0.489 e. The summed E-state index contributed by atoms with van der Waals surface area (Å²) in [5.74, 6) is 0.336. The second kappa shape index (κ2) is 8.45. The number of aliphatic hydroxyl groups excluding tert-OH is 1. The summed E-state index contributed by atoms with van der Waals surface area (Å²) in [6, 6.07) is 11.9. The number of nitrogen functional groups attached to an aromatic ring is 1. The Labute approximate surface area is 179 Å². The molecule has 0 saturated heterocycles. The fourth-order valence-electron chi connectivity index (χ4n) is 3.85. The predicted molar refractivity (Wildman–Crippen MR) is 119 cm³/mol. The summed E-state index contributed by atoms with van der Waals surface area (Å²) in [6.07, 6.45) is 3.67. The van der Waals surface area contributed by atoms with Gasteiger partial charge in [0.2, 0.25) is 5.91 Å². The number of hydrogen-bond acceptors (Lipinski definition) is 6. The number of hydrogen-bond donors (Lipinski definition) is 3. The Morgan fingerprint density at radius 1 is 1.37 bits per heavy atom. The Morgan fingerprint density at radius 2 is 2.20 bits per heavy atom. The average Bonchev–Trinajstić information content (AvgIpc) is 3.37. The number of nitrogens with two attached hydrogens (primary N) is 1. The maximum absolute atomic E-state index is 11.6. The number of rotatable bonds is 6. The summed E-state index contributed by atoms with van der Waals surface area (Å²) in [5, 5.41) is 12.8. The first kappa shape index (κ1) is 20.4. The van der Waals surface area contributed by atoms with Crippen LogP contribution in [0.1, 0.15) is 37.4 Å². The number of carbonyl (C=O) groups is 1. The molecule has 0 bridgehead atoms. The Kier molecular flexibility index (Phi) is 5.74. The van der Waals surface area contributed by atoms with Crippen molar-refractivity contribution in [1.82, 2.24) is 10.3 Å². The molecule has 3 aromatic rings. The first-order chi connectivity index (χ1) is 14.5. The van der Waals surface area contributed by atoms with Crippen LogP contribution in [0.15, 0.2) is 42.6 Å². The Hall–Kier alpha value is -2.90. The number of amides is 1. The van der Waals surface area contributed by atoms with Crippen LogP contribution in [0, 0.1) is 0 Å². The van der Waals surface area contributed by atoms with E-state index in [0.29, 0.717) is 11.4 Å². The number of nitrogens with zero attached hydrogens (tertiary/aromatic N) is 1. The lowest BCUT2D eigenvalue weighted by Gasteiger charge is -2.14. The van der Waals surface area contributed by atoms with E-state index < -0.39 is 6.61 Å². The summed E-state index contributed by atoms with van der Waals surface area (Å²) in [6.45, 7) is 3.45. The molecule has 0 spiro atoms. The van der Waals surface area contributed by atoms with Gasteiger partial charge in [-0.15, -0.1) is 11.3 Å². The Bertz CT molecular complexity index is 1080. The van der Waals surface area contributed by atoms with Crippen LogP contribution in [0.25, 0.3) is 21.0 Å². The number of thiazole rings is 1. The van der Waals surface area contributed by atoms with Gasteiger partial charge >= 0.3 is 0 Å². The van der Waals surface area contributed by atoms with Gasteiger partial charge in [-0.3, -0.25) is 4.79 Å². The van der Waals surface area contributed by atoms with Gasteiger partial charge in [-0.1, -0.05) is 18.2 Å². The number of fused-ring (bicyclic) bond motifs is 1. The molecule has 4 rings (SSSR count). The van der Waals surface area contributed by atoms with Gasteiger partial charge in [-0.05, 0) is 61.6 Å². The van der Waals surface area contributed by atoms with Gasteiger partial charge in [0.1, 0.15) is 17.4 Å². The number of aromatic nitrogens is 1. The number of carbonyl (C=O) groups excluding carboxylic acids is 1. The fourth-order valence-corrected chi connectivity index (χ4v) is 4.82. The number of aliphatic hydroxyl groups is 1. The molecule has 2 aromatic carbocycles. The van der Waals surface area contributed by atoms with E-state index >= 15 is 0 Å². The highest BCUT2D eigenvalue weighted by atomic mass is 32.1. The first-order valence-electron chi connectivity index (χ1n) is 10.0. The molecule has 1 aliphatic carbocycles. The minimum atomic E-state index is -0.492. The highest BCUT2D eigenvalue weighted by Gasteiger charge is 2.26. The SMILES string of the molecule is CC(C)Oc1ccc(-c2ncc(-c3cccc4c3CC[C@@H]4NC(=O)CO)s2)cc1N. The van der Waals surface area contributed by atoms with Crippen molar-refractivity contribution in [3.8, 4) is 26.8 Å². The van der Waals surface area contributed by atoms with Gasteiger partial charge < -0.3 is 20.9 Å². The van der Waals surface area contributed by atoms with Crippen molar-refractivity contribution in [3.63, 3.8) is 0 Å². The molecule has 6 nitrogen and oxygen atoms in total. The molecule has 0 aliphatic heterocycles. The zero-order valence-electron chi connectivity index (χ0n) is 17.0. The topological polar surface area (TPSA) is 97.5 Å². The maximum Gasteiger partial charge on any atom is 0.246 e. The van der Waals surface area contributed by atoms with Gasteiger partial charge in [-0.2, -0.15) is 0 Å². The van der Waals surface area contributed by atoms with Crippen molar-refractivity contribution in [1.29, 1.82) is 0 Å². The molecule has 1 heterocycles. The monoisotopic (exact) mass is 423 g/mol. The van der Waals surface area contributed by atoms with Crippen LogP contribution in [-0.2, 0) is 11.2 Å². The van der Waals surface area contributed by atoms with Gasteiger partial charge in [0.15, 0.2) is 0 Å². The molecule has 30 heavy (non-hydrogen) atoms. The van der Waals surface area contributed by atoms with E-state index in [1.54, 1.807) is 11.3 Å². The van der Waals surface area contributed by atoms with E-state index in [2.05, 4.69) is 16.4 Å². The van der Waals surface area contributed by atoms with Crippen molar-refractivity contribution in [2.45, 2.75) is 38.8 Å². The van der Waals surface area contributed by atoms with Crippen LogP contribution < -0.4 is 15.8 Å². The molecule has 4 N–H and O–H groups in total. The highest BCUT2D eigenvalue weighted by Crippen LogP contribution is 2.41. The van der Waals surface area contributed by atoms with E-state index in [0.717, 1.165) is 39.4 Å². The summed E-state index contributed by atoms with van der Waals surface area (Å²) < 4.78 is 5.72.